The SMILES string of the molecule is C=CCCOc1cccc(C)c1-c1cccc([C@H](CC(=O)OC)NC(=O)[C@H](CCC=C)n2ccccc2=O)c1. The van der Waals surface area contributed by atoms with Crippen molar-refractivity contribution in [1.82, 2.24) is 9.88 Å². The number of carbonyl (C=O) groups is 2. The first-order valence-electron chi connectivity index (χ1n) is 13.0. The van der Waals surface area contributed by atoms with Crippen LogP contribution in [0.2, 0.25) is 0 Å². The minimum atomic E-state index is -0.763. The van der Waals surface area contributed by atoms with Crippen LogP contribution in [0.1, 0.15) is 48.9 Å². The number of methoxy groups -OCH3 is 1. The van der Waals surface area contributed by atoms with Crippen molar-refractivity contribution >= 4 is 11.9 Å². The summed E-state index contributed by atoms with van der Waals surface area (Å²) in [4.78, 5) is 38.5. The molecule has 7 nitrogen and oxygen atoms in total. The highest BCUT2D eigenvalue weighted by molar-refractivity contribution is 5.82. The lowest BCUT2D eigenvalue weighted by Gasteiger charge is -2.24. The Morgan fingerprint density at radius 3 is 2.51 bits per heavy atom. The van der Waals surface area contributed by atoms with E-state index in [0.717, 1.165) is 34.4 Å². The number of hydrogen-bond acceptors (Lipinski definition) is 5. The van der Waals surface area contributed by atoms with E-state index in [1.54, 1.807) is 24.4 Å². The van der Waals surface area contributed by atoms with Crippen LogP contribution in [0.3, 0.4) is 0 Å². The summed E-state index contributed by atoms with van der Waals surface area (Å²) in [5.41, 5.74) is 3.31. The maximum Gasteiger partial charge on any atom is 0.307 e. The zero-order valence-corrected chi connectivity index (χ0v) is 22.6. The third kappa shape index (κ3) is 7.80. The largest absolute Gasteiger partial charge is 0.493 e. The summed E-state index contributed by atoms with van der Waals surface area (Å²) < 4.78 is 12.4. The summed E-state index contributed by atoms with van der Waals surface area (Å²) in [5, 5.41) is 3.01. The van der Waals surface area contributed by atoms with Crippen LogP contribution in [-0.4, -0.2) is 30.2 Å². The third-order valence-corrected chi connectivity index (χ3v) is 6.44. The van der Waals surface area contributed by atoms with Gasteiger partial charge in [-0.05, 0) is 61.1 Å². The molecule has 39 heavy (non-hydrogen) atoms. The average molecular weight is 529 g/mol. The molecular weight excluding hydrogens is 492 g/mol. The molecule has 3 rings (SSSR count). The lowest BCUT2D eigenvalue weighted by atomic mass is 9.94. The maximum absolute atomic E-state index is 13.6. The number of nitrogens with one attached hydrogen (secondary N) is 1. The van der Waals surface area contributed by atoms with Gasteiger partial charge in [-0.15, -0.1) is 13.2 Å². The van der Waals surface area contributed by atoms with Crippen LogP contribution >= 0.6 is 0 Å². The molecule has 0 radical (unpaired) electrons. The van der Waals surface area contributed by atoms with E-state index in [0.29, 0.717) is 19.4 Å². The Morgan fingerprint density at radius 1 is 1.03 bits per heavy atom. The van der Waals surface area contributed by atoms with Crippen LogP contribution in [0.5, 0.6) is 5.75 Å². The van der Waals surface area contributed by atoms with Crippen LogP contribution < -0.4 is 15.6 Å². The molecular formula is C32H36N2O5. The van der Waals surface area contributed by atoms with Gasteiger partial charge in [0, 0.05) is 17.8 Å². The van der Waals surface area contributed by atoms with Crippen LogP contribution in [0.15, 0.2) is 97.0 Å². The first-order chi connectivity index (χ1) is 18.9. The number of hydrogen-bond donors (Lipinski definition) is 1. The average Bonchev–Trinajstić information content (AvgIpc) is 2.94. The minimum absolute atomic E-state index is 0.0694. The van der Waals surface area contributed by atoms with E-state index in [9.17, 15) is 14.4 Å². The number of ether oxygens (including phenoxy) is 2. The second-order valence-electron chi connectivity index (χ2n) is 9.17. The lowest BCUT2D eigenvalue weighted by molar-refractivity contribution is -0.141. The molecule has 0 aliphatic heterocycles. The number of aryl methyl sites for hydroxylation is 1. The Labute approximate surface area is 229 Å². The van der Waals surface area contributed by atoms with E-state index >= 15 is 0 Å². The van der Waals surface area contributed by atoms with Gasteiger partial charge in [0.25, 0.3) is 5.56 Å². The van der Waals surface area contributed by atoms with Crippen molar-refractivity contribution in [1.29, 1.82) is 0 Å². The molecule has 204 valence electrons. The zero-order chi connectivity index (χ0) is 28.2. The van der Waals surface area contributed by atoms with Gasteiger partial charge in [-0.25, -0.2) is 0 Å². The van der Waals surface area contributed by atoms with E-state index in [4.69, 9.17) is 9.47 Å². The fourth-order valence-electron chi connectivity index (χ4n) is 4.43. The summed E-state index contributed by atoms with van der Waals surface area (Å²) >= 11 is 0. The van der Waals surface area contributed by atoms with Crippen LogP contribution in [0.25, 0.3) is 11.1 Å². The van der Waals surface area contributed by atoms with E-state index in [1.165, 1.54) is 17.7 Å². The van der Waals surface area contributed by atoms with Gasteiger partial charge in [-0.3, -0.25) is 14.4 Å². The maximum atomic E-state index is 13.6. The molecule has 1 heterocycles. The Balaban J connectivity index is 1.99. The molecule has 0 fully saturated rings. The van der Waals surface area contributed by atoms with Crippen LogP contribution in [-0.2, 0) is 14.3 Å². The molecule has 1 aromatic heterocycles. The number of benzene rings is 2. The number of carbonyl (C=O) groups excluding carboxylic acids is 2. The van der Waals surface area contributed by atoms with Gasteiger partial charge in [0.1, 0.15) is 11.8 Å². The smallest absolute Gasteiger partial charge is 0.307 e. The monoisotopic (exact) mass is 528 g/mol. The molecule has 2 atom stereocenters. The molecule has 0 spiro atoms. The van der Waals surface area contributed by atoms with E-state index in [1.807, 2.05) is 55.5 Å². The predicted molar refractivity (Wildman–Crippen MR) is 154 cm³/mol. The number of esters is 1. The second-order valence-corrected chi connectivity index (χ2v) is 9.17. The first kappa shape index (κ1) is 29.2. The summed E-state index contributed by atoms with van der Waals surface area (Å²) in [6, 6.07) is 16.9. The van der Waals surface area contributed by atoms with Crippen molar-refractivity contribution in [3.63, 3.8) is 0 Å². The normalized spacial score (nSPS) is 12.2. The molecule has 0 saturated heterocycles. The zero-order valence-electron chi connectivity index (χ0n) is 22.6. The van der Waals surface area contributed by atoms with Crippen molar-refractivity contribution in [2.24, 2.45) is 0 Å². The van der Waals surface area contributed by atoms with Crippen LogP contribution in [0.4, 0.5) is 0 Å². The molecule has 0 bridgehead atoms. The summed E-state index contributed by atoms with van der Waals surface area (Å²) in [7, 11) is 1.31. The molecule has 1 N–H and O–H groups in total. The number of amides is 1. The van der Waals surface area contributed by atoms with Crippen molar-refractivity contribution in [2.45, 2.75) is 44.7 Å². The summed E-state index contributed by atoms with van der Waals surface area (Å²) in [6.07, 6.45) is 6.69. The summed E-state index contributed by atoms with van der Waals surface area (Å²) in [6.45, 7) is 10.0. The fourth-order valence-corrected chi connectivity index (χ4v) is 4.43. The Hall–Kier alpha value is -4.39. The Bertz CT molecular complexity index is 1360. The summed E-state index contributed by atoms with van der Waals surface area (Å²) in [5.74, 6) is -0.0844. The molecule has 1 amide bonds. The van der Waals surface area contributed by atoms with Gasteiger partial charge in [0.2, 0.25) is 5.91 Å². The van der Waals surface area contributed by atoms with Gasteiger partial charge in [-0.2, -0.15) is 0 Å². The predicted octanol–water partition coefficient (Wildman–Crippen LogP) is 5.71. The van der Waals surface area contributed by atoms with Gasteiger partial charge in [0.05, 0.1) is 26.2 Å². The van der Waals surface area contributed by atoms with Crippen molar-refractivity contribution in [3.8, 4) is 16.9 Å². The van der Waals surface area contributed by atoms with Crippen LogP contribution in [0, 0.1) is 6.92 Å². The minimum Gasteiger partial charge on any atom is -0.493 e. The Morgan fingerprint density at radius 2 is 1.79 bits per heavy atom. The number of pyridine rings is 1. The number of nitrogens with zero attached hydrogens (tertiary/aromatic N) is 1. The molecule has 0 unspecified atom stereocenters. The van der Waals surface area contributed by atoms with Crippen molar-refractivity contribution < 1.29 is 19.1 Å². The van der Waals surface area contributed by atoms with Crippen molar-refractivity contribution in [2.75, 3.05) is 13.7 Å². The quantitative estimate of drug-likeness (QED) is 0.165. The highest BCUT2D eigenvalue weighted by Crippen LogP contribution is 2.35. The Kier molecular flexibility index (Phi) is 10.9. The molecule has 3 aromatic rings. The van der Waals surface area contributed by atoms with E-state index in [2.05, 4.69) is 18.5 Å². The van der Waals surface area contributed by atoms with Gasteiger partial charge < -0.3 is 19.4 Å². The topological polar surface area (TPSA) is 86.6 Å². The molecule has 0 saturated carbocycles. The number of aromatic nitrogens is 1. The first-order valence-corrected chi connectivity index (χ1v) is 13.0. The van der Waals surface area contributed by atoms with E-state index < -0.39 is 18.1 Å². The molecule has 0 aliphatic rings. The number of rotatable bonds is 14. The number of allylic oxidation sites excluding steroid dienone is 1. The van der Waals surface area contributed by atoms with Gasteiger partial charge in [-0.1, -0.05) is 48.6 Å². The molecule has 0 aliphatic carbocycles. The van der Waals surface area contributed by atoms with Gasteiger partial charge >= 0.3 is 5.97 Å². The third-order valence-electron chi connectivity index (χ3n) is 6.44. The second kappa shape index (κ2) is 14.5. The highest BCUT2D eigenvalue weighted by atomic mass is 16.5. The van der Waals surface area contributed by atoms with E-state index in [-0.39, 0.29) is 17.9 Å². The molecule has 7 heteroatoms. The van der Waals surface area contributed by atoms with Gasteiger partial charge in [0.15, 0.2) is 0 Å². The fraction of sp³-hybridized carbons (Fsp3) is 0.281. The molecule has 2 aromatic carbocycles. The lowest BCUT2D eigenvalue weighted by Crippen LogP contribution is -2.39. The highest BCUT2D eigenvalue weighted by Gasteiger charge is 2.26. The van der Waals surface area contributed by atoms with Crippen molar-refractivity contribution in [3.05, 3.63) is 114 Å². The standard InChI is InChI=1S/C32H36N2O5/c1-5-7-16-27(34-19-10-9-18-29(34)35)32(37)33-26(22-30(36)38-4)24-14-12-15-25(21-24)31-23(3)13-11-17-28(31)39-20-8-6-2/h5-6,9-15,17-19,21,26-27H,1-2,7-8,16,20,22H2,3-4H3,(H,33,37)/t26-,27-/m0/s1.